The van der Waals surface area contributed by atoms with Crippen LogP contribution in [0, 0.1) is 6.92 Å². The first-order valence-corrected chi connectivity index (χ1v) is 7.43. The van der Waals surface area contributed by atoms with Gasteiger partial charge in [-0.15, -0.1) is 0 Å². The lowest BCUT2D eigenvalue weighted by Gasteiger charge is -2.10. The molecule has 1 aromatic heterocycles. The van der Waals surface area contributed by atoms with E-state index in [1.54, 1.807) is 18.2 Å². The minimum Gasteiger partial charge on any atom is -0.320 e. The summed E-state index contributed by atoms with van der Waals surface area (Å²) in [7, 11) is 0. The monoisotopic (exact) mass is 330 g/mol. The maximum absolute atomic E-state index is 12.4. The number of hydrogen-bond acceptors (Lipinski definition) is 2. The molecule has 0 atom stereocenters. The third kappa shape index (κ3) is 2.91. The SMILES string of the molecule is Cc1ccc2cccc(NC(=O)c3cc(Cl)ccc3Cl)c2n1. The van der Waals surface area contributed by atoms with Crippen LogP contribution in [0.15, 0.2) is 48.5 Å². The number of fused-ring (bicyclic) bond motifs is 1. The second kappa shape index (κ2) is 5.95. The Kier molecular flexibility index (Phi) is 4.01. The molecular formula is C17H12Cl2N2O. The van der Waals surface area contributed by atoms with Crippen molar-refractivity contribution in [3.05, 3.63) is 69.8 Å². The highest BCUT2D eigenvalue weighted by atomic mass is 35.5. The highest BCUT2D eigenvalue weighted by Crippen LogP contribution is 2.25. The van der Waals surface area contributed by atoms with Gasteiger partial charge in [-0.2, -0.15) is 0 Å². The highest BCUT2D eigenvalue weighted by molar-refractivity contribution is 6.36. The van der Waals surface area contributed by atoms with E-state index in [9.17, 15) is 4.79 Å². The van der Waals surface area contributed by atoms with E-state index in [-0.39, 0.29) is 5.91 Å². The first-order chi connectivity index (χ1) is 10.5. The lowest BCUT2D eigenvalue weighted by atomic mass is 10.1. The zero-order valence-corrected chi connectivity index (χ0v) is 13.2. The fraction of sp³-hybridized carbons (Fsp3) is 0.0588. The predicted molar refractivity (Wildman–Crippen MR) is 90.9 cm³/mol. The number of nitrogens with one attached hydrogen (secondary N) is 1. The summed E-state index contributed by atoms with van der Waals surface area (Å²) in [6.07, 6.45) is 0. The van der Waals surface area contributed by atoms with Crippen LogP contribution in [0.25, 0.3) is 10.9 Å². The molecule has 2 aromatic carbocycles. The number of halogens is 2. The smallest absolute Gasteiger partial charge is 0.257 e. The van der Waals surface area contributed by atoms with E-state index in [1.807, 2.05) is 37.3 Å². The normalized spacial score (nSPS) is 10.7. The highest BCUT2D eigenvalue weighted by Gasteiger charge is 2.13. The van der Waals surface area contributed by atoms with Crippen LogP contribution in [0.5, 0.6) is 0 Å². The molecule has 3 rings (SSSR count). The van der Waals surface area contributed by atoms with Gasteiger partial charge in [-0.1, -0.05) is 41.4 Å². The van der Waals surface area contributed by atoms with Gasteiger partial charge in [0.1, 0.15) is 0 Å². The molecule has 0 fully saturated rings. The molecule has 0 saturated heterocycles. The first kappa shape index (κ1) is 14.8. The molecule has 5 heteroatoms. The van der Waals surface area contributed by atoms with Crippen molar-refractivity contribution in [3.63, 3.8) is 0 Å². The number of rotatable bonds is 2. The molecule has 0 aliphatic rings. The summed E-state index contributed by atoms with van der Waals surface area (Å²) in [5.74, 6) is -0.316. The average Bonchev–Trinajstić information content (AvgIpc) is 2.50. The van der Waals surface area contributed by atoms with Crippen LogP contribution in [0.2, 0.25) is 10.0 Å². The fourth-order valence-corrected chi connectivity index (χ4v) is 2.58. The number of benzene rings is 2. The second-order valence-corrected chi connectivity index (χ2v) is 5.75. The second-order valence-electron chi connectivity index (χ2n) is 4.91. The molecule has 1 N–H and O–H groups in total. The van der Waals surface area contributed by atoms with Crippen molar-refractivity contribution in [2.45, 2.75) is 6.92 Å². The minimum absolute atomic E-state index is 0.316. The molecule has 0 bridgehead atoms. The van der Waals surface area contributed by atoms with Gasteiger partial charge in [-0.3, -0.25) is 9.78 Å². The van der Waals surface area contributed by atoms with E-state index in [0.29, 0.717) is 21.3 Å². The molecule has 0 aliphatic carbocycles. The van der Waals surface area contributed by atoms with E-state index in [4.69, 9.17) is 23.2 Å². The number of para-hydroxylation sites is 1. The number of pyridine rings is 1. The van der Waals surface area contributed by atoms with Crippen molar-refractivity contribution in [1.29, 1.82) is 0 Å². The lowest BCUT2D eigenvalue weighted by Crippen LogP contribution is -2.13. The predicted octanol–water partition coefficient (Wildman–Crippen LogP) is 5.10. The molecule has 0 spiro atoms. The van der Waals surface area contributed by atoms with E-state index >= 15 is 0 Å². The Morgan fingerprint density at radius 3 is 2.73 bits per heavy atom. The Bertz CT molecular complexity index is 878. The summed E-state index contributed by atoms with van der Waals surface area (Å²) < 4.78 is 0. The van der Waals surface area contributed by atoms with Crippen LogP contribution in [-0.4, -0.2) is 10.9 Å². The van der Waals surface area contributed by atoms with Crippen LogP contribution < -0.4 is 5.32 Å². The molecule has 0 unspecified atom stereocenters. The maximum atomic E-state index is 12.4. The number of aromatic nitrogens is 1. The van der Waals surface area contributed by atoms with Gasteiger partial charge in [-0.25, -0.2) is 0 Å². The summed E-state index contributed by atoms with van der Waals surface area (Å²) in [4.78, 5) is 16.9. The lowest BCUT2D eigenvalue weighted by molar-refractivity contribution is 0.102. The Morgan fingerprint density at radius 1 is 1.09 bits per heavy atom. The van der Waals surface area contributed by atoms with Gasteiger partial charge >= 0.3 is 0 Å². The number of hydrogen-bond donors (Lipinski definition) is 1. The summed E-state index contributed by atoms with van der Waals surface area (Å²) >= 11 is 12.0. The van der Waals surface area contributed by atoms with Crippen molar-refractivity contribution in [1.82, 2.24) is 4.98 Å². The van der Waals surface area contributed by atoms with Gasteiger partial charge in [0, 0.05) is 16.1 Å². The molecule has 1 amide bonds. The molecule has 0 saturated carbocycles. The van der Waals surface area contributed by atoms with E-state index in [0.717, 1.165) is 16.6 Å². The van der Waals surface area contributed by atoms with Crippen molar-refractivity contribution < 1.29 is 4.79 Å². The van der Waals surface area contributed by atoms with Crippen molar-refractivity contribution >= 4 is 45.7 Å². The number of carbonyl (C=O) groups excluding carboxylic acids is 1. The third-order valence-corrected chi connectivity index (χ3v) is 3.85. The van der Waals surface area contributed by atoms with Crippen molar-refractivity contribution in [2.24, 2.45) is 0 Å². The fourth-order valence-electron chi connectivity index (χ4n) is 2.21. The summed E-state index contributed by atoms with van der Waals surface area (Å²) in [6.45, 7) is 1.91. The largest absolute Gasteiger partial charge is 0.320 e. The third-order valence-electron chi connectivity index (χ3n) is 3.28. The summed E-state index contributed by atoms with van der Waals surface area (Å²) in [5.41, 5.74) is 2.60. The molecular weight excluding hydrogens is 319 g/mol. The van der Waals surface area contributed by atoms with Gasteiger partial charge in [0.05, 0.1) is 21.8 Å². The molecule has 110 valence electrons. The Balaban J connectivity index is 2.01. The van der Waals surface area contributed by atoms with Crippen molar-refractivity contribution in [3.8, 4) is 0 Å². The van der Waals surface area contributed by atoms with E-state index < -0.39 is 0 Å². The summed E-state index contributed by atoms with van der Waals surface area (Å²) in [5, 5.41) is 4.62. The van der Waals surface area contributed by atoms with Crippen LogP contribution in [0.1, 0.15) is 16.1 Å². The van der Waals surface area contributed by atoms with E-state index in [2.05, 4.69) is 10.3 Å². The molecule has 22 heavy (non-hydrogen) atoms. The van der Waals surface area contributed by atoms with Crippen LogP contribution in [0.4, 0.5) is 5.69 Å². The topological polar surface area (TPSA) is 42.0 Å². The maximum Gasteiger partial charge on any atom is 0.257 e. The van der Waals surface area contributed by atoms with Gasteiger partial charge in [-0.05, 0) is 37.3 Å². The van der Waals surface area contributed by atoms with Crippen LogP contribution in [0.3, 0.4) is 0 Å². The van der Waals surface area contributed by atoms with Gasteiger partial charge < -0.3 is 5.32 Å². The molecule has 0 aliphatic heterocycles. The average molecular weight is 331 g/mol. The standard InChI is InChI=1S/C17H12Cl2N2O/c1-10-5-6-11-3-2-4-15(16(11)20-10)21-17(22)13-9-12(18)7-8-14(13)19/h2-9H,1H3,(H,21,22). The van der Waals surface area contributed by atoms with E-state index in [1.165, 1.54) is 0 Å². The minimum atomic E-state index is -0.316. The Hall–Kier alpha value is -2.10. The van der Waals surface area contributed by atoms with Gasteiger partial charge in [0.15, 0.2) is 0 Å². The number of aryl methyl sites for hydroxylation is 1. The molecule has 3 aromatic rings. The zero-order chi connectivity index (χ0) is 15.7. The Labute approximate surface area is 137 Å². The zero-order valence-electron chi connectivity index (χ0n) is 11.7. The Morgan fingerprint density at radius 2 is 1.91 bits per heavy atom. The number of carbonyl (C=O) groups is 1. The molecule has 3 nitrogen and oxygen atoms in total. The van der Waals surface area contributed by atoms with Crippen LogP contribution >= 0.6 is 23.2 Å². The molecule has 1 heterocycles. The first-order valence-electron chi connectivity index (χ1n) is 6.67. The quantitative estimate of drug-likeness (QED) is 0.710. The van der Waals surface area contributed by atoms with Crippen LogP contribution in [-0.2, 0) is 0 Å². The number of amides is 1. The molecule has 0 radical (unpaired) electrons. The van der Waals surface area contributed by atoms with Gasteiger partial charge in [0.25, 0.3) is 5.91 Å². The van der Waals surface area contributed by atoms with Crippen molar-refractivity contribution in [2.75, 3.05) is 5.32 Å². The summed E-state index contributed by atoms with van der Waals surface area (Å²) in [6, 6.07) is 14.3. The van der Waals surface area contributed by atoms with Gasteiger partial charge in [0.2, 0.25) is 0 Å². The number of nitrogens with zero attached hydrogens (tertiary/aromatic N) is 1. The number of anilines is 1.